The second-order valence-corrected chi connectivity index (χ2v) is 4.58. The van der Waals surface area contributed by atoms with Gasteiger partial charge in [0.1, 0.15) is 0 Å². The van der Waals surface area contributed by atoms with E-state index in [1.165, 1.54) is 32.1 Å². The van der Waals surface area contributed by atoms with E-state index in [4.69, 9.17) is 4.74 Å². The molecule has 0 aromatic heterocycles. The fraction of sp³-hybridized carbons (Fsp3) is 1.00. The van der Waals surface area contributed by atoms with E-state index < -0.39 is 0 Å². The molecule has 2 nitrogen and oxygen atoms in total. The van der Waals surface area contributed by atoms with E-state index >= 15 is 0 Å². The predicted molar refractivity (Wildman–Crippen MR) is 58.3 cm³/mol. The van der Waals surface area contributed by atoms with E-state index in [9.17, 15) is 5.11 Å². The van der Waals surface area contributed by atoms with Crippen LogP contribution in [0.2, 0.25) is 0 Å². The molecule has 0 atom stereocenters. The van der Waals surface area contributed by atoms with Crippen LogP contribution in [0, 0.1) is 5.41 Å². The highest BCUT2D eigenvalue weighted by molar-refractivity contribution is 4.81. The van der Waals surface area contributed by atoms with E-state index in [0.29, 0.717) is 6.61 Å². The Bertz CT molecular complexity index is 139. The van der Waals surface area contributed by atoms with Gasteiger partial charge in [0, 0.05) is 19.8 Å². The zero-order chi connectivity index (χ0) is 10.3. The van der Waals surface area contributed by atoms with Gasteiger partial charge in [-0.15, -0.1) is 0 Å². The van der Waals surface area contributed by atoms with Crippen molar-refractivity contribution in [1.29, 1.82) is 0 Å². The molecule has 0 amide bonds. The lowest BCUT2D eigenvalue weighted by Crippen LogP contribution is -2.32. The first-order valence-electron chi connectivity index (χ1n) is 6.01. The van der Waals surface area contributed by atoms with Gasteiger partial charge in [-0.1, -0.05) is 32.6 Å². The summed E-state index contributed by atoms with van der Waals surface area (Å²) in [5.74, 6) is 0. The van der Waals surface area contributed by atoms with Crippen molar-refractivity contribution in [3.05, 3.63) is 0 Å². The zero-order valence-corrected chi connectivity index (χ0v) is 9.43. The third kappa shape index (κ3) is 3.58. The van der Waals surface area contributed by atoms with Crippen LogP contribution >= 0.6 is 0 Å². The van der Waals surface area contributed by atoms with Crippen LogP contribution in [-0.2, 0) is 4.74 Å². The molecule has 0 aromatic rings. The van der Waals surface area contributed by atoms with E-state index in [1.807, 2.05) is 0 Å². The Kier molecular flexibility index (Phi) is 5.49. The fourth-order valence-corrected chi connectivity index (χ4v) is 2.22. The molecule has 1 fully saturated rings. The molecule has 0 bridgehead atoms. The Morgan fingerprint density at radius 3 is 2.43 bits per heavy atom. The number of unbranched alkanes of at least 4 members (excludes halogenated alkanes) is 3. The van der Waals surface area contributed by atoms with Crippen LogP contribution in [0.3, 0.4) is 0 Å². The van der Waals surface area contributed by atoms with E-state index in [2.05, 4.69) is 6.92 Å². The van der Waals surface area contributed by atoms with Gasteiger partial charge in [-0.05, 0) is 24.7 Å². The van der Waals surface area contributed by atoms with Crippen molar-refractivity contribution in [3.63, 3.8) is 0 Å². The molecule has 1 heterocycles. The quantitative estimate of drug-likeness (QED) is 0.668. The molecule has 0 saturated carbocycles. The van der Waals surface area contributed by atoms with Crippen LogP contribution < -0.4 is 0 Å². The molecule has 2 heteroatoms. The zero-order valence-electron chi connectivity index (χ0n) is 9.43. The van der Waals surface area contributed by atoms with Gasteiger partial charge in [-0.2, -0.15) is 0 Å². The van der Waals surface area contributed by atoms with Crippen molar-refractivity contribution in [2.45, 2.75) is 51.9 Å². The van der Waals surface area contributed by atoms with Crippen LogP contribution in [0.25, 0.3) is 0 Å². The lowest BCUT2D eigenvalue weighted by Gasteiger charge is -2.35. The fourth-order valence-electron chi connectivity index (χ4n) is 2.22. The highest BCUT2D eigenvalue weighted by Crippen LogP contribution is 2.35. The smallest absolute Gasteiger partial charge is 0.0489 e. The highest BCUT2D eigenvalue weighted by Gasteiger charge is 2.30. The lowest BCUT2D eigenvalue weighted by atomic mass is 9.77. The van der Waals surface area contributed by atoms with E-state index in [1.54, 1.807) is 0 Å². The van der Waals surface area contributed by atoms with Crippen LogP contribution in [0.15, 0.2) is 0 Å². The summed E-state index contributed by atoms with van der Waals surface area (Å²) < 4.78 is 5.34. The first-order valence-corrected chi connectivity index (χ1v) is 6.01. The predicted octanol–water partition coefficient (Wildman–Crippen LogP) is 2.75. The third-order valence-electron chi connectivity index (χ3n) is 3.45. The topological polar surface area (TPSA) is 29.5 Å². The molecule has 0 spiro atoms. The van der Waals surface area contributed by atoms with Gasteiger partial charge < -0.3 is 9.84 Å². The molecule has 0 aromatic carbocycles. The molecule has 1 N–H and O–H groups in total. The number of hydrogen-bond donors (Lipinski definition) is 1. The molecular formula is C12H24O2. The van der Waals surface area contributed by atoms with Gasteiger partial charge in [-0.25, -0.2) is 0 Å². The number of aliphatic hydroxyl groups is 1. The first kappa shape index (κ1) is 12.0. The van der Waals surface area contributed by atoms with Crippen LogP contribution in [0.4, 0.5) is 0 Å². The van der Waals surface area contributed by atoms with Crippen LogP contribution in [0.1, 0.15) is 51.9 Å². The number of ether oxygens (including phenoxy) is 1. The summed E-state index contributed by atoms with van der Waals surface area (Å²) in [5, 5.41) is 9.44. The van der Waals surface area contributed by atoms with Gasteiger partial charge in [-0.3, -0.25) is 0 Å². The number of rotatable bonds is 6. The summed E-state index contributed by atoms with van der Waals surface area (Å²) in [6.07, 6.45) is 8.50. The van der Waals surface area contributed by atoms with Crippen LogP contribution in [0.5, 0.6) is 0 Å². The first-order chi connectivity index (χ1) is 6.83. The Labute approximate surface area is 87.7 Å². The summed E-state index contributed by atoms with van der Waals surface area (Å²) in [4.78, 5) is 0. The van der Waals surface area contributed by atoms with Crippen molar-refractivity contribution < 1.29 is 9.84 Å². The minimum atomic E-state index is 0.200. The Morgan fingerprint density at radius 2 is 1.86 bits per heavy atom. The maximum absolute atomic E-state index is 9.44. The van der Waals surface area contributed by atoms with Crippen molar-refractivity contribution in [2.24, 2.45) is 5.41 Å². The summed E-state index contributed by atoms with van der Waals surface area (Å²) in [5.41, 5.74) is 0.200. The third-order valence-corrected chi connectivity index (χ3v) is 3.45. The van der Waals surface area contributed by atoms with Gasteiger partial charge in [0.2, 0.25) is 0 Å². The van der Waals surface area contributed by atoms with E-state index in [0.717, 1.165) is 26.1 Å². The minimum absolute atomic E-state index is 0.200. The molecule has 0 unspecified atom stereocenters. The van der Waals surface area contributed by atoms with E-state index in [-0.39, 0.29) is 5.41 Å². The Balaban J connectivity index is 2.22. The van der Waals surface area contributed by atoms with Crippen LogP contribution in [-0.4, -0.2) is 24.9 Å². The highest BCUT2D eigenvalue weighted by atomic mass is 16.5. The lowest BCUT2D eigenvalue weighted by molar-refractivity contribution is -0.0218. The number of aliphatic hydroxyl groups excluding tert-OH is 1. The number of hydrogen-bond acceptors (Lipinski definition) is 2. The van der Waals surface area contributed by atoms with Gasteiger partial charge in [0.25, 0.3) is 0 Å². The maximum Gasteiger partial charge on any atom is 0.0489 e. The van der Waals surface area contributed by atoms with Crippen molar-refractivity contribution >= 4 is 0 Å². The van der Waals surface area contributed by atoms with Crippen molar-refractivity contribution in [1.82, 2.24) is 0 Å². The summed E-state index contributed by atoms with van der Waals surface area (Å²) in [6, 6.07) is 0. The summed E-state index contributed by atoms with van der Waals surface area (Å²) in [6.45, 7) is 4.27. The average Bonchev–Trinajstić information content (AvgIpc) is 2.26. The second-order valence-electron chi connectivity index (χ2n) is 4.58. The monoisotopic (exact) mass is 200 g/mol. The Morgan fingerprint density at radius 1 is 1.14 bits per heavy atom. The summed E-state index contributed by atoms with van der Waals surface area (Å²) >= 11 is 0. The largest absolute Gasteiger partial charge is 0.396 e. The minimum Gasteiger partial charge on any atom is -0.396 e. The molecule has 1 aliphatic heterocycles. The van der Waals surface area contributed by atoms with Gasteiger partial charge in [0.05, 0.1) is 0 Å². The normalized spacial score (nSPS) is 21.0. The molecule has 84 valence electrons. The van der Waals surface area contributed by atoms with Gasteiger partial charge in [0.15, 0.2) is 0 Å². The summed E-state index contributed by atoms with van der Waals surface area (Å²) in [7, 11) is 0. The molecule has 1 aliphatic rings. The standard InChI is InChI=1S/C12H24O2/c1-2-3-4-5-6-12(11-13)7-9-14-10-8-12/h13H,2-11H2,1H3. The Hall–Kier alpha value is -0.0800. The average molecular weight is 200 g/mol. The molecule has 0 aliphatic carbocycles. The maximum atomic E-state index is 9.44. The van der Waals surface area contributed by atoms with Crippen molar-refractivity contribution in [3.8, 4) is 0 Å². The molecule has 0 radical (unpaired) electrons. The SMILES string of the molecule is CCCCCCC1(CO)CCOCC1. The molecule has 1 rings (SSSR count). The molecule has 14 heavy (non-hydrogen) atoms. The van der Waals surface area contributed by atoms with Gasteiger partial charge >= 0.3 is 0 Å². The molecular weight excluding hydrogens is 176 g/mol. The van der Waals surface area contributed by atoms with Crippen molar-refractivity contribution in [2.75, 3.05) is 19.8 Å². The second kappa shape index (κ2) is 6.41. The molecule has 1 saturated heterocycles.